The zero-order chi connectivity index (χ0) is 9.54. The minimum atomic E-state index is 0.0957. The van der Waals surface area contributed by atoms with Crippen molar-refractivity contribution in [3.63, 3.8) is 0 Å². The minimum Gasteiger partial charge on any atom is -0.377 e. The van der Waals surface area contributed by atoms with Gasteiger partial charge in [0.05, 0.1) is 31.3 Å². The fraction of sp³-hybridized carbons (Fsp3) is 0.900. The first-order valence-corrected chi connectivity index (χ1v) is 5.49. The number of hydrogen-bond donors (Lipinski definition) is 1. The van der Waals surface area contributed by atoms with Crippen LogP contribution in [0, 0.1) is 0 Å². The van der Waals surface area contributed by atoms with Crippen LogP contribution in [0.3, 0.4) is 0 Å². The topological polar surface area (TPSA) is 41.6 Å². The summed E-state index contributed by atoms with van der Waals surface area (Å²) < 4.78 is 5.36. The van der Waals surface area contributed by atoms with Crippen molar-refractivity contribution in [2.75, 3.05) is 19.8 Å². The molecule has 3 saturated heterocycles. The second kappa shape index (κ2) is 3.21. The standard InChI is InChI=1S/C10H16N2O2/c13-10(9-2-1-3-11-9)12-7-4-8(12)6-14-5-7/h7-9,11H,1-6H2. The van der Waals surface area contributed by atoms with Gasteiger partial charge in [-0.05, 0) is 25.8 Å². The van der Waals surface area contributed by atoms with Crippen LogP contribution in [0.1, 0.15) is 19.3 Å². The van der Waals surface area contributed by atoms with E-state index in [1.54, 1.807) is 0 Å². The van der Waals surface area contributed by atoms with Crippen molar-refractivity contribution in [1.29, 1.82) is 0 Å². The zero-order valence-electron chi connectivity index (χ0n) is 8.24. The van der Waals surface area contributed by atoms with E-state index >= 15 is 0 Å². The van der Waals surface area contributed by atoms with E-state index in [0.717, 1.165) is 39.0 Å². The molecule has 4 heteroatoms. The molecule has 3 rings (SSSR count). The van der Waals surface area contributed by atoms with Gasteiger partial charge in [-0.15, -0.1) is 0 Å². The number of carbonyl (C=O) groups is 1. The zero-order valence-corrected chi connectivity index (χ0v) is 8.24. The van der Waals surface area contributed by atoms with Crippen molar-refractivity contribution in [2.45, 2.75) is 37.4 Å². The molecule has 2 bridgehead atoms. The number of rotatable bonds is 1. The number of hydrogen-bond acceptors (Lipinski definition) is 3. The van der Waals surface area contributed by atoms with Crippen LogP contribution < -0.4 is 5.32 Å². The van der Waals surface area contributed by atoms with Gasteiger partial charge in [-0.25, -0.2) is 0 Å². The number of nitrogens with one attached hydrogen (secondary N) is 1. The normalized spacial score (nSPS) is 40.9. The Morgan fingerprint density at radius 3 is 2.71 bits per heavy atom. The van der Waals surface area contributed by atoms with E-state index in [0.29, 0.717) is 18.0 Å². The SMILES string of the molecule is O=C(C1CCCN1)N1C2COCC1C2. The summed E-state index contributed by atoms with van der Waals surface area (Å²) in [5.41, 5.74) is 0. The Hall–Kier alpha value is -0.610. The number of morpholine rings is 1. The molecule has 0 radical (unpaired) electrons. The van der Waals surface area contributed by atoms with Crippen molar-refractivity contribution >= 4 is 5.91 Å². The van der Waals surface area contributed by atoms with Gasteiger partial charge in [0.1, 0.15) is 0 Å². The third-order valence-electron chi connectivity index (χ3n) is 3.56. The molecule has 0 saturated carbocycles. The van der Waals surface area contributed by atoms with Crippen LogP contribution in [0.4, 0.5) is 0 Å². The summed E-state index contributed by atoms with van der Waals surface area (Å²) in [6, 6.07) is 0.852. The van der Waals surface area contributed by atoms with Gasteiger partial charge in [0.25, 0.3) is 0 Å². The lowest BCUT2D eigenvalue weighted by Crippen LogP contribution is -2.68. The van der Waals surface area contributed by atoms with Crippen LogP contribution in [-0.4, -0.2) is 48.7 Å². The average molecular weight is 196 g/mol. The molecular formula is C10H16N2O2. The van der Waals surface area contributed by atoms with E-state index in [9.17, 15) is 4.79 Å². The summed E-state index contributed by atoms with van der Waals surface area (Å²) in [5.74, 6) is 0.312. The smallest absolute Gasteiger partial charge is 0.240 e. The van der Waals surface area contributed by atoms with E-state index < -0.39 is 0 Å². The quantitative estimate of drug-likeness (QED) is 0.628. The van der Waals surface area contributed by atoms with Crippen LogP contribution >= 0.6 is 0 Å². The Kier molecular flexibility index (Phi) is 1.99. The molecule has 1 amide bonds. The lowest BCUT2D eigenvalue weighted by atomic mass is 9.90. The second-order valence-corrected chi connectivity index (χ2v) is 4.48. The Morgan fingerprint density at radius 1 is 1.36 bits per heavy atom. The molecule has 0 aromatic carbocycles. The molecule has 3 heterocycles. The van der Waals surface area contributed by atoms with Crippen molar-refractivity contribution in [2.24, 2.45) is 0 Å². The molecule has 3 fully saturated rings. The summed E-state index contributed by atoms with van der Waals surface area (Å²) in [7, 11) is 0. The summed E-state index contributed by atoms with van der Waals surface area (Å²) in [4.78, 5) is 14.1. The van der Waals surface area contributed by atoms with Crippen molar-refractivity contribution in [1.82, 2.24) is 10.2 Å². The molecule has 3 atom stereocenters. The number of amides is 1. The maximum absolute atomic E-state index is 12.0. The van der Waals surface area contributed by atoms with E-state index in [1.807, 2.05) is 4.90 Å². The van der Waals surface area contributed by atoms with Crippen LogP contribution in [-0.2, 0) is 9.53 Å². The third-order valence-corrected chi connectivity index (χ3v) is 3.56. The molecule has 1 N–H and O–H groups in total. The average Bonchev–Trinajstić information content (AvgIpc) is 2.71. The highest BCUT2D eigenvalue weighted by Crippen LogP contribution is 2.32. The highest BCUT2D eigenvalue weighted by Gasteiger charge is 2.46. The summed E-state index contributed by atoms with van der Waals surface area (Å²) >= 11 is 0. The summed E-state index contributed by atoms with van der Waals surface area (Å²) in [6.07, 6.45) is 3.30. The lowest BCUT2D eigenvalue weighted by Gasteiger charge is -2.53. The Bertz CT molecular complexity index is 237. The first kappa shape index (κ1) is 8.68. The van der Waals surface area contributed by atoms with Gasteiger partial charge in [-0.1, -0.05) is 0 Å². The maximum atomic E-state index is 12.0. The Balaban J connectivity index is 1.67. The molecule has 78 valence electrons. The first-order chi connectivity index (χ1) is 6.86. The van der Waals surface area contributed by atoms with E-state index in [4.69, 9.17) is 4.74 Å². The van der Waals surface area contributed by atoms with Gasteiger partial charge >= 0.3 is 0 Å². The van der Waals surface area contributed by atoms with Crippen molar-refractivity contribution < 1.29 is 9.53 Å². The molecular weight excluding hydrogens is 180 g/mol. The molecule has 3 unspecified atom stereocenters. The van der Waals surface area contributed by atoms with Crippen LogP contribution in [0.25, 0.3) is 0 Å². The van der Waals surface area contributed by atoms with Crippen molar-refractivity contribution in [3.8, 4) is 0 Å². The van der Waals surface area contributed by atoms with Gasteiger partial charge in [0, 0.05) is 0 Å². The van der Waals surface area contributed by atoms with Gasteiger partial charge in [-0.3, -0.25) is 4.79 Å². The molecule has 0 aliphatic carbocycles. The third kappa shape index (κ3) is 1.17. The fourth-order valence-electron chi connectivity index (χ4n) is 2.77. The molecule has 4 nitrogen and oxygen atoms in total. The van der Waals surface area contributed by atoms with Gasteiger partial charge in [0.15, 0.2) is 0 Å². The van der Waals surface area contributed by atoms with Crippen molar-refractivity contribution in [3.05, 3.63) is 0 Å². The van der Waals surface area contributed by atoms with E-state index in [-0.39, 0.29) is 6.04 Å². The second-order valence-electron chi connectivity index (χ2n) is 4.48. The molecule has 14 heavy (non-hydrogen) atoms. The molecule has 0 spiro atoms. The largest absolute Gasteiger partial charge is 0.377 e. The Labute approximate surface area is 83.6 Å². The predicted octanol–water partition coefficient (Wildman–Crippen LogP) is -0.262. The Morgan fingerprint density at radius 2 is 2.14 bits per heavy atom. The predicted molar refractivity (Wildman–Crippen MR) is 50.9 cm³/mol. The van der Waals surface area contributed by atoms with Crippen LogP contribution in [0.2, 0.25) is 0 Å². The van der Waals surface area contributed by atoms with Gasteiger partial charge in [0.2, 0.25) is 5.91 Å². The number of nitrogens with zero attached hydrogens (tertiary/aromatic N) is 1. The number of fused-ring (bicyclic) bond motifs is 2. The highest BCUT2D eigenvalue weighted by atomic mass is 16.5. The van der Waals surface area contributed by atoms with E-state index in [2.05, 4.69) is 5.32 Å². The number of carbonyl (C=O) groups excluding carboxylic acids is 1. The molecule has 3 aliphatic rings. The number of ether oxygens (including phenoxy) is 1. The summed E-state index contributed by atoms with van der Waals surface area (Å²) in [5, 5.41) is 3.26. The molecule has 0 aromatic rings. The van der Waals surface area contributed by atoms with Gasteiger partial charge < -0.3 is 15.0 Å². The molecule has 3 aliphatic heterocycles. The molecule has 0 aromatic heterocycles. The monoisotopic (exact) mass is 196 g/mol. The minimum absolute atomic E-state index is 0.0957. The fourth-order valence-corrected chi connectivity index (χ4v) is 2.77. The highest BCUT2D eigenvalue weighted by molar-refractivity contribution is 5.83. The summed E-state index contributed by atoms with van der Waals surface area (Å²) in [6.45, 7) is 2.49. The van der Waals surface area contributed by atoms with Crippen LogP contribution in [0.15, 0.2) is 0 Å². The maximum Gasteiger partial charge on any atom is 0.240 e. The van der Waals surface area contributed by atoms with E-state index in [1.165, 1.54) is 0 Å². The van der Waals surface area contributed by atoms with Gasteiger partial charge in [-0.2, -0.15) is 0 Å². The first-order valence-electron chi connectivity index (χ1n) is 5.49. The lowest BCUT2D eigenvalue weighted by molar-refractivity contribution is -0.169. The van der Waals surface area contributed by atoms with Crippen LogP contribution in [0.5, 0.6) is 0 Å².